The number of hydrogen-bond donors (Lipinski definition) is 1. The summed E-state index contributed by atoms with van der Waals surface area (Å²) in [5.74, 6) is 0.816. The molecule has 0 atom stereocenters. The molecular formula is C18H27NO3. The summed E-state index contributed by atoms with van der Waals surface area (Å²) in [5, 5.41) is 8.68. The maximum Gasteiger partial charge on any atom is 0.194 e. The van der Waals surface area contributed by atoms with Gasteiger partial charge in [0, 0.05) is 0 Å². The lowest BCUT2D eigenvalue weighted by Crippen LogP contribution is -2.29. The fourth-order valence-corrected chi connectivity index (χ4v) is 2.47. The van der Waals surface area contributed by atoms with E-state index in [9.17, 15) is 0 Å². The van der Waals surface area contributed by atoms with Gasteiger partial charge in [0.1, 0.15) is 6.61 Å². The van der Waals surface area contributed by atoms with Crippen LogP contribution in [0.4, 0.5) is 0 Å². The van der Waals surface area contributed by atoms with Crippen molar-refractivity contribution < 1.29 is 14.6 Å². The smallest absolute Gasteiger partial charge is 0.194 e. The van der Waals surface area contributed by atoms with E-state index in [0.717, 1.165) is 12.3 Å². The van der Waals surface area contributed by atoms with Crippen LogP contribution in [0.2, 0.25) is 0 Å². The number of ether oxygens (including phenoxy) is 2. The molecule has 1 aromatic rings. The third-order valence-corrected chi connectivity index (χ3v) is 3.95. The van der Waals surface area contributed by atoms with Gasteiger partial charge in [-0.3, -0.25) is 0 Å². The van der Waals surface area contributed by atoms with E-state index in [1.807, 2.05) is 0 Å². The van der Waals surface area contributed by atoms with E-state index in [1.165, 1.54) is 11.1 Å². The summed E-state index contributed by atoms with van der Waals surface area (Å²) in [5.41, 5.74) is 2.08. The summed E-state index contributed by atoms with van der Waals surface area (Å²) in [6.07, 6.45) is 0.852. The standard InChI is InChI=1S/C18H27NO3/c1-17(2)13-22-16(19-17)18(3,4)15-7-5-14(6-8-15)9-11-21-12-10-20/h5-8,20H,9-13H2,1-4H3. The van der Waals surface area contributed by atoms with Crippen LogP contribution in [0.1, 0.15) is 38.8 Å². The van der Waals surface area contributed by atoms with Gasteiger partial charge in [-0.15, -0.1) is 0 Å². The van der Waals surface area contributed by atoms with Crippen LogP contribution < -0.4 is 0 Å². The van der Waals surface area contributed by atoms with Gasteiger partial charge < -0.3 is 14.6 Å². The minimum absolute atomic E-state index is 0.0750. The van der Waals surface area contributed by atoms with E-state index in [4.69, 9.17) is 19.6 Å². The molecule has 0 spiro atoms. The van der Waals surface area contributed by atoms with Crippen LogP contribution in [0, 0.1) is 0 Å². The number of rotatable bonds is 7. The Morgan fingerprint density at radius 2 is 1.91 bits per heavy atom. The van der Waals surface area contributed by atoms with Crippen molar-refractivity contribution in [2.24, 2.45) is 4.99 Å². The Hall–Kier alpha value is -1.39. The molecular weight excluding hydrogens is 278 g/mol. The molecule has 1 N–H and O–H groups in total. The van der Waals surface area contributed by atoms with Crippen LogP contribution in [0.5, 0.6) is 0 Å². The van der Waals surface area contributed by atoms with Gasteiger partial charge in [-0.25, -0.2) is 4.99 Å². The molecule has 4 heteroatoms. The van der Waals surface area contributed by atoms with Crippen LogP contribution in [-0.2, 0) is 21.3 Å². The van der Waals surface area contributed by atoms with E-state index in [2.05, 4.69) is 52.0 Å². The molecule has 2 rings (SSSR count). The summed E-state index contributed by atoms with van der Waals surface area (Å²) in [6.45, 7) is 10.2. The second kappa shape index (κ2) is 6.80. The first-order valence-electron chi connectivity index (χ1n) is 7.86. The largest absolute Gasteiger partial charge is 0.478 e. The summed E-state index contributed by atoms with van der Waals surface area (Å²) in [6, 6.07) is 8.53. The number of aliphatic imine (C=N–C) groups is 1. The molecule has 0 unspecified atom stereocenters. The normalized spacial score (nSPS) is 17.2. The maximum absolute atomic E-state index is 8.68. The first-order chi connectivity index (χ1) is 10.3. The zero-order valence-electron chi connectivity index (χ0n) is 14.1. The highest BCUT2D eigenvalue weighted by molar-refractivity contribution is 5.89. The minimum atomic E-state index is -0.223. The molecule has 0 fully saturated rings. The number of hydrogen-bond acceptors (Lipinski definition) is 4. The zero-order chi connectivity index (χ0) is 16.2. The molecule has 1 aliphatic rings. The topological polar surface area (TPSA) is 51.0 Å². The van der Waals surface area contributed by atoms with Gasteiger partial charge >= 0.3 is 0 Å². The predicted molar refractivity (Wildman–Crippen MR) is 88.5 cm³/mol. The van der Waals surface area contributed by atoms with Gasteiger partial charge in [-0.1, -0.05) is 24.3 Å². The molecule has 0 aromatic heterocycles. The van der Waals surface area contributed by atoms with Crippen LogP contribution in [0.25, 0.3) is 0 Å². The maximum atomic E-state index is 8.68. The Morgan fingerprint density at radius 3 is 2.45 bits per heavy atom. The van der Waals surface area contributed by atoms with Crippen molar-refractivity contribution in [1.82, 2.24) is 0 Å². The molecule has 0 bridgehead atoms. The van der Waals surface area contributed by atoms with Crippen molar-refractivity contribution in [2.75, 3.05) is 26.4 Å². The Morgan fingerprint density at radius 1 is 1.23 bits per heavy atom. The van der Waals surface area contributed by atoms with E-state index >= 15 is 0 Å². The minimum Gasteiger partial charge on any atom is -0.478 e. The van der Waals surface area contributed by atoms with Crippen LogP contribution in [0.15, 0.2) is 29.3 Å². The van der Waals surface area contributed by atoms with Gasteiger partial charge in [0.05, 0.1) is 30.8 Å². The molecule has 1 aliphatic heterocycles. The van der Waals surface area contributed by atoms with E-state index in [-0.39, 0.29) is 17.6 Å². The Balaban J connectivity index is 2.03. The molecule has 4 nitrogen and oxygen atoms in total. The van der Waals surface area contributed by atoms with Gasteiger partial charge in [-0.2, -0.15) is 0 Å². The highest BCUT2D eigenvalue weighted by atomic mass is 16.5. The Labute approximate surface area is 133 Å². The summed E-state index contributed by atoms with van der Waals surface area (Å²) in [7, 11) is 0. The highest BCUT2D eigenvalue weighted by Crippen LogP contribution is 2.31. The highest BCUT2D eigenvalue weighted by Gasteiger charge is 2.36. The summed E-state index contributed by atoms with van der Waals surface area (Å²) in [4.78, 5) is 4.71. The molecule has 1 aromatic carbocycles. The third-order valence-electron chi connectivity index (χ3n) is 3.95. The molecule has 0 aliphatic carbocycles. The predicted octanol–water partition coefficient (Wildman–Crippen LogP) is 2.72. The van der Waals surface area contributed by atoms with E-state index in [1.54, 1.807) is 0 Å². The van der Waals surface area contributed by atoms with Gasteiger partial charge in [0.25, 0.3) is 0 Å². The SMILES string of the molecule is CC1(C)COC(C(C)(C)c2ccc(CCOCCO)cc2)=N1. The molecule has 0 amide bonds. The van der Waals surface area contributed by atoms with E-state index < -0.39 is 0 Å². The quantitative estimate of drug-likeness (QED) is 0.788. The molecule has 1 heterocycles. The average Bonchev–Trinajstić information content (AvgIpc) is 2.85. The van der Waals surface area contributed by atoms with Gasteiger partial charge in [0.15, 0.2) is 5.90 Å². The molecule has 0 saturated heterocycles. The van der Waals surface area contributed by atoms with E-state index in [0.29, 0.717) is 19.8 Å². The lowest BCUT2D eigenvalue weighted by Gasteiger charge is -2.24. The first-order valence-corrected chi connectivity index (χ1v) is 7.86. The third kappa shape index (κ3) is 4.08. The van der Waals surface area contributed by atoms with Crippen molar-refractivity contribution >= 4 is 5.90 Å². The Kier molecular flexibility index (Phi) is 5.24. The first kappa shape index (κ1) is 17.0. The summed E-state index contributed by atoms with van der Waals surface area (Å²) >= 11 is 0. The average molecular weight is 305 g/mol. The fraction of sp³-hybridized carbons (Fsp3) is 0.611. The second-order valence-electron chi connectivity index (χ2n) is 6.93. The van der Waals surface area contributed by atoms with Gasteiger partial charge in [0.2, 0.25) is 0 Å². The zero-order valence-corrected chi connectivity index (χ0v) is 14.1. The number of nitrogens with zero attached hydrogens (tertiary/aromatic N) is 1. The monoisotopic (exact) mass is 305 g/mol. The lowest BCUT2D eigenvalue weighted by atomic mass is 9.84. The van der Waals surface area contributed by atoms with Gasteiger partial charge in [-0.05, 0) is 45.2 Å². The van der Waals surface area contributed by atoms with Crippen molar-refractivity contribution in [3.63, 3.8) is 0 Å². The lowest BCUT2D eigenvalue weighted by molar-refractivity contribution is 0.0944. The summed E-state index contributed by atoms with van der Waals surface area (Å²) < 4.78 is 11.1. The van der Waals surface area contributed by atoms with Crippen LogP contribution >= 0.6 is 0 Å². The number of aliphatic hydroxyl groups is 1. The van der Waals surface area contributed by atoms with Crippen molar-refractivity contribution in [1.29, 1.82) is 0 Å². The van der Waals surface area contributed by atoms with Crippen molar-refractivity contribution in [2.45, 2.75) is 45.1 Å². The number of aliphatic hydroxyl groups excluding tert-OH is 1. The number of benzene rings is 1. The van der Waals surface area contributed by atoms with Crippen molar-refractivity contribution in [3.05, 3.63) is 35.4 Å². The molecule has 0 saturated carbocycles. The second-order valence-corrected chi connectivity index (χ2v) is 6.93. The van der Waals surface area contributed by atoms with Crippen LogP contribution in [-0.4, -0.2) is 43.0 Å². The molecule has 22 heavy (non-hydrogen) atoms. The van der Waals surface area contributed by atoms with Crippen LogP contribution in [0.3, 0.4) is 0 Å². The Bertz CT molecular complexity index is 518. The van der Waals surface area contributed by atoms with Crippen molar-refractivity contribution in [3.8, 4) is 0 Å². The molecule has 0 radical (unpaired) electrons. The molecule has 122 valence electrons. The fourth-order valence-electron chi connectivity index (χ4n) is 2.47.